The van der Waals surface area contributed by atoms with Crippen molar-refractivity contribution < 1.29 is 17.0 Å². The zero-order valence-electron chi connectivity index (χ0n) is 6.84. The maximum atomic E-state index is 3.00. The van der Waals surface area contributed by atoms with E-state index in [9.17, 15) is 0 Å². The van der Waals surface area contributed by atoms with Crippen molar-refractivity contribution in [2.24, 2.45) is 0 Å². The number of hydrogen-bond donors (Lipinski definition) is 0. The van der Waals surface area contributed by atoms with Crippen molar-refractivity contribution in [1.82, 2.24) is 0 Å². The molecule has 0 aliphatic carbocycles. The first kappa shape index (κ1) is 13.8. The van der Waals surface area contributed by atoms with Crippen LogP contribution in [0.15, 0.2) is 24.3 Å². The van der Waals surface area contributed by atoms with Crippen LogP contribution in [0.1, 0.15) is 0 Å². The fourth-order valence-electron chi connectivity index (χ4n) is 0.662. The second-order valence-corrected chi connectivity index (χ2v) is 2.16. The Morgan fingerprint density at radius 3 is 2.27 bits per heavy atom. The van der Waals surface area contributed by atoms with Crippen LogP contribution in [0.25, 0.3) is 0 Å². The number of halogens is 1. The maximum absolute atomic E-state index is 3.00. The molecule has 0 atom stereocenters. The van der Waals surface area contributed by atoms with Gasteiger partial charge in [-0.2, -0.15) is 24.3 Å². The summed E-state index contributed by atoms with van der Waals surface area (Å²) in [6, 6.07) is 10.9. The third-order valence-electron chi connectivity index (χ3n) is 1.21. The van der Waals surface area contributed by atoms with Crippen LogP contribution < -0.4 is 21.9 Å². The van der Waals surface area contributed by atoms with Crippen LogP contribution >= 0.6 is 0 Å². The van der Waals surface area contributed by atoms with Crippen molar-refractivity contribution in [1.29, 1.82) is 0 Å². The second kappa shape index (κ2) is 6.94. The van der Waals surface area contributed by atoms with Gasteiger partial charge in [-0.1, -0.05) is 5.69 Å². The van der Waals surface area contributed by atoms with Crippen LogP contribution in [-0.4, -0.2) is 37.1 Å². The molecule has 0 heterocycles. The number of anilines is 1. The van der Waals surface area contributed by atoms with Crippen molar-refractivity contribution in [3.05, 3.63) is 30.3 Å². The quantitative estimate of drug-likeness (QED) is 0.401. The topological polar surface area (TPSA) is 3.24 Å². The minimum atomic E-state index is 0. The Morgan fingerprint density at radius 2 is 2.00 bits per heavy atom. The van der Waals surface area contributed by atoms with Gasteiger partial charge in [0.05, 0.1) is 0 Å². The van der Waals surface area contributed by atoms with E-state index in [-0.39, 0.29) is 40.0 Å². The van der Waals surface area contributed by atoms with Gasteiger partial charge in [0.15, 0.2) is 0 Å². The normalized spacial score (nSPS) is 7.45. The summed E-state index contributed by atoms with van der Waals surface area (Å²) in [6.07, 6.45) is 0. The van der Waals surface area contributed by atoms with Crippen LogP contribution in [0.2, 0.25) is 0 Å². The summed E-state index contributed by atoms with van der Waals surface area (Å²) in [6.45, 7) is 0. The molecule has 0 saturated heterocycles. The average molecular weight is 224 g/mol. The monoisotopic (exact) mass is 223 g/mol. The molecular weight excluding hydrogens is 214 g/mol. The molecule has 1 aromatic carbocycles. The van der Waals surface area contributed by atoms with Gasteiger partial charge < -0.3 is 21.9 Å². The molecule has 0 aliphatic rings. The van der Waals surface area contributed by atoms with Crippen molar-refractivity contribution in [2.45, 2.75) is 0 Å². The molecule has 1 aromatic rings. The van der Waals surface area contributed by atoms with E-state index in [0.717, 1.165) is 0 Å². The van der Waals surface area contributed by atoms with Gasteiger partial charge in [0.25, 0.3) is 0 Å². The van der Waals surface area contributed by atoms with Crippen LogP contribution in [0.5, 0.6) is 0 Å². The van der Waals surface area contributed by atoms with Gasteiger partial charge in [-0.15, -0.1) is 6.07 Å². The molecule has 1 rings (SSSR count). The van der Waals surface area contributed by atoms with E-state index >= 15 is 0 Å². The summed E-state index contributed by atoms with van der Waals surface area (Å²) in [5.74, 6) is 0. The fourth-order valence-corrected chi connectivity index (χ4v) is 0.662. The van der Waals surface area contributed by atoms with E-state index in [2.05, 4.69) is 17.0 Å². The molecule has 1 nitrogen and oxygen atoms in total. The molecule has 56 valence electrons. The van der Waals surface area contributed by atoms with Crippen molar-refractivity contribution in [2.75, 3.05) is 19.0 Å². The molecule has 0 bridgehead atoms. The molecular formula is C8H10BrMgN. The Bertz CT molecular complexity index is 177. The minimum Gasteiger partial charge on any atom is -1.00 e. The zero-order chi connectivity index (χ0) is 6.69. The predicted octanol–water partition coefficient (Wildman–Crippen LogP) is -1.82. The van der Waals surface area contributed by atoms with E-state index in [4.69, 9.17) is 0 Å². The van der Waals surface area contributed by atoms with E-state index in [1.165, 1.54) is 5.69 Å². The third-order valence-corrected chi connectivity index (χ3v) is 1.21. The second-order valence-electron chi connectivity index (χ2n) is 2.16. The van der Waals surface area contributed by atoms with Crippen molar-refractivity contribution >= 4 is 28.7 Å². The zero-order valence-corrected chi connectivity index (χ0v) is 9.84. The summed E-state index contributed by atoms with van der Waals surface area (Å²) in [7, 11) is 4.03. The van der Waals surface area contributed by atoms with E-state index in [1.807, 2.05) is 32.3 Å². The number of hydrogen-bond acceptors (Lipinski definition) is 1. The maximum Gasteiger partial charge on any atom is 2.00 e. The summed E-state index contributed by atoms with van der Waals surface area (Å²) in [4.78, 5) is 2.05. The first-order valence-electron chi connectivity index (χ1n) is 2.94. The van der Waals surface area contributed by atoms with E-state index < -0.39 is 0 Å². The molecule has 0 fully saturated rings. The molecule has 0 radical (unpaired) electrons. The summed E-state index contributed by atoms with van der Waals surface area (Å²) >= 11 is 0. The summed E-state index contributed by atoms with van der Waals surface area (Å²) in [5.41, 5.74) is 1.19. The molecule has 0 amide bonds. The Kier molecular flexibility index (Phi) is 8.73. The molecule has 0 aromatic heterocycles. The first-order chi connectivity index (χ1) is 4.30. The van der Waals surface area contributed by atoms with Crippen LogP contribution in [0.4, 0.5) is 5.69 Å². The third kappa shape index (κ3) is 4.66. The first-order valence-corrected chi connectivity index (χ1v) is 2.94. The molecule has 0 aliphatic heterocycles. The Balaban J connectivity index is 0. The van der Waals surface area contributed by atoms with Crippen LogP contribution in [0.3, 0.4) is 0 Å². The standard InChI is InChI=1S/C8H10N.BrH.Mg/c1-9(2)8-6-4-3-5-7-8;;/h3-4,6-7H,1-2H3;1H;/q-1;;+2/p-1. The Hall–Kier alpha value is 0.266. The minimum absolute atomic E-state index is 0. The van der Waals surface area contributed by atoms with Gasteiger partial charge in [-0.05, 0) is 14.1 Å². The summed E-state index contributed by atoms with van der Waals surface area (Å²) in [5, 5.41) is 0. The summed E-state index contributed by atoms with van der Waals surface area (Å²) < 4.78 is 0. The van der Waals surface area contributed by atoms with E-state index in [1.54, 1.807) is 0 Å². The smallest absolute Gasteiger partial charge is 1.00 e. The molecule has 3 heteroatoms. The van der Waals surface area contributed by atoms with Crippen molar-refractivity contribution in [3.8, 4) is 0 Å². The van der Waals surface area contributed by atoms with Gasteiger partial charge in [-0.3, -0.25) is 0 Å². The van der Waals surface area contributed by atoms with Gasteiger partial charge in [0.1, 0.15) is 0 Å². The SMILES string of the molecule is CN(C)c1c[c-]ccc1.[Br-].[Mg+2]. The van der Waals surface area contributed by atoms with E-state index in [0.29, 0.717) is 0 Å². The number of rotatable bonds is 1. The van der Waals surface area contributed by atoms with Crippen molar-refractivity contribution in [3.63, 3.8) is 0 Å². The molecule has 0 N–H and O–H groups in total. The molecule has 11 heavy (non-hydrogen) atoms. The van der Waals surface area contributed by atoms with Gasteiger partial charge in [-0.25, -0.2) is 0 Å². The largest absolute Gasteiger partial charge is 2.00 e. The Labute approximate surface area is 94.7 Å². The number of nitrogens with zero attached hydrogens (tertiary/aromatic N) is 1. The molecule has 0 spiro atoms. The van der Waals surface area contributed by atoms with Gasteiger partial charge >= 0.3 is 23.1 Å². The van der Waals surface area contributed by atoms with Crippen LogP contribution in [-0.2, 0) is 0 Å². The molecule has 0 unspecified atom stereocenters. The molecule has 0 saturated carbocycles. The fraction of sp³-hybridized carbons (Fsp3) is 0.250. The van der Waals surface area contributed by atoms with Crippen LogP contribution in [0, 0.1) is 6.07 Å². The Morgan fingerprint density at radius 1 is 1.36 bits per heavy atom. The van der Waals surface area contributed by atoms with Gasteiger partial charge in [0.2, 0.25) is 0 Å². The predicted molar refractivity (Wildman–Crippen MR) is 45.4 cm³/mol. The average Bonchev–Trinajstić information content (AvgIpc) is 1.90. The van der Waals surface area contributed by atoms with Gasteiger partial charge in [0, 0.05) is 0 Å². The number of benzene rings is 1.